The van der Waals surface area contributed by atoms with Gasteiger partial charge in [0.1, 0.15) is 5.82 Å². The summed E-state index contributed by atoms with van der Waals surface area (Å²) >= 11 is 0. The highest BCUT2D eigenvalue weighted by atomic mass is 16.5. The van der Waals surface area contributed by atoms with Crippen molar-refractivity contribution in [3.63, 3.8) is 0 Å². The first-order valence-electron chi connectivity index (χ1n) is 13.3. The number of carbonyl (C=O) groups excluding carboxylic acids is 2. The zero-order chi connectivity index (χ0) is 25.2. The van der Waals surface area contributed by atoms with Crippen LogP contribution in [-0.2, 0) is 16.1 Å². The quantitative estimate of drug-likeness (QED) is 0.492. The number of aromatic nitrogens is 1. The standard InChI is InChI=1S/C26H44N6O3/c1-5-30(6-2)13-7-12-27-25(33)23-10-14-31(15-11-23)26(34)29-17-22-8-9-24(28-16-22)32-18-20(3)35-21(4)19-32/h8-9,16,20-21,23H,5-7,10-15,17-19H2,1-4H3,(H,27,33)(H,29,34). The number of likely N-dealkylation sites (tertiary alicyclic amines) is 1. The van der Waals surface area contributed by atoms with Crippen LogP contribution in [0.1, 0.15) is 52.5 Å². The molecular formula is C26H44N6O3. The number of pyridine rings is 1. The van der Waals surface area contributed by atoms with E-state index in [1.54, 1.807) is 0 Å². The first-order valence-corrected chi connectivity index (χ1v) is 13.3. The number of piperidine rings is 1. The largest absolute Gasteiger partial charge is 0.372 e. The van der Waals surface area contributed by atoms with Gasteiger partial charge in [-0.15, -0.1) is 0 Å². The minimum absolute atomic E-state index is 0.00475. The van der Waals surface area contributed by atoms with Crippen molar-refractivity contribution < 1.29 is 14.3 Å². The van der Waals surface area contributed by atoms with Gasteiger partial charge in [-0.25, -0.2) is 9.78 Å². The molecule has 9 heteroatoms. The number of morpholine rings is 1. The predicted molar refractivity (Wildman–Crippen MR) is 138 cm³/mol. The van der Waals surface area contributed by atoms with Crippen molar-refractivity contribution in [1.29, 1.82) is 0 Å². The number of carbonyl (C=O) groups is 2. The van der Waals surface area contributed by atoms with Gasteiger partial charge < -0.3 is 30.1 Å². The molecule has 2 aliphatic rings. The van der Waals surface area contributed by atoms with E-state index in [1.165, 1.54) is 0 Å². The topological polar surface area (TPSA) is 90.0 Å². The van der Waals surface area contributed by atoms with Gasteiger partial charge in [0.25, 0.3) is 0 Å². The molecule has 2 unspecified atom stereocenters. The van der Waals surface area contributed by atoms with E-state index in [1.807, 2.05) is 23.2 Å². The molecule has 3 amide bonds. The summed E-state index contributed by atoms with van der Waals surface area (Å²) in [6.45, 7) is 15.6. The maximum absolute atomic E-state index is 12.6. The molecule has 3 rings (SSSR count). The molecule has 1 aromatic heterocycles. The molecule has 2 saturated heterocycles. The summed E-state index contributed by atoms with van der Waals surface area (Å²) in [5.41, 5.74) is 0.968. The Bertz CT molecular complexity index is 783. The van der Waals surface area contributed by atoms with Crippen LogP contribution in [0.4, 0.5) is 10.6 Å². The van der Waals surface area contributed by atoms with Gasteiger partial charge in [0.2, 0.25) is 5.91 Å². The fourth-order valence-corrected chi connectivity index (χ4v) is 4.91. The van der Waals surface area contributed by atoms with Crippen LogP contribution in [0.25, 0.3) is 0 Å². The summed E-state index contributed by atoms with van der Waals surface area (Å²) in [5.74, 6) is 1.06. The number of ether oxygens (including phenoxy) is 1. The lowest BCUT2D eigenvalue weighted by Crippen LogP contribution is -2.47. The lowest BCUT2D eigenvalue weighted by molar-refractivity contribution is -0.126. The molecule has 2 fully saturated rings. The van der Waals surface area contributed by atoms with Crippen molar-refractivity contribution in [2.24, 2.45) is 5.92 Å². The minimum Gasteiger partial charge on any atom is -0.372 e. The number of hydrogen-bond donors (Lipinski definition) is 2. The number of hydrogen-bond acceptors (Lipinski definition) is 6. The average molecular weight is 489 g/mol. The van der Waals surface area contributed by atoms with Gasteiger partial charge in [0, 0.05) is 51.4 Å². The maximum atomic E-state index is 12.6. The smallest absolute Gasteiger partial charge is 0.317 e. The van der Waals surface area contributed by atoms with Crippen molar-refractivity contribution in [2.45, 2.75) is 65.7 Å². The monoisotopic (exact) mass is 488 g/mol. The van der Waals surface area contributed by atoms with E-state index >= 15 is 0 Å². The number of rotatable bonds is 10. The number of amides is 3. The molecule has 2 aliphatic heterocycles. The number of urea groups is 1. The Labute approximate surface area is 210 Å². The van der Waals surface area contributed by atoms with Crippen LogP contribution >= 0.6 is 0 Å². The molecule has 0 aromatic carbocycles. The summed E-state index contributed by atoms with van der Waals surface area (Å²) < 4.78 is 5.80. The predicted octanol–water partition coefficient (Wildman–Crippen LogP) is 2.46. The second kappa shape index (κ2) is 13.6. The molecule has 9 nitrogen and oxygen atoms in total. The summed E-state index contributed by atoms with van der Waals surface area (Å²) in [7, 11) is 0. The molecule has 0 radical (unpaired) electrons. The van der Waals surface area contributed by atoms with Gasteiger partial charge in [0.15, 0.2) is 0 Å². The summed E-state index contributed by atoms with van der Waals surface area (Å²) in [5, 5.41) is 6.08. The number of anilines is 1. The van der Waals surface area contributed by atoms with Crippen LogP contribution < -0.4 is 15.5 Å². The average Bonchev–Trinajstić information content (AvgIpc) is 2.87. The lowest BCUT2D eigenvalue weighted by atomic mass is 9.96. The molecule has 0 bridgehead atoms. The van der Waals surface area contributed by atoms with E-state index in [0.717, 1.165) is 50.5 Å². The summed E-state index contributed by atoms with van der Waals surface area (Å²) in [6.07, 6.45) is 4.59. The Morgan fingerprint density at radius 2 is 1.77 bits per heavy atom. The van der Waals surface area contributed by atoms with E-state index in [9.17, 15) is 9.59 Å². The Kier molecular flexibility index (Phi) is 10.6. The molecule has 2 atom stereocenters. The second-order valence-electron chi connectivity index (χ2n) is 9.78. The van der Waals surface area contributed by atoms with Crippen LogP contribution in [0, 0.1) is 5.92 Å². The minimum atomic E-state index is -0.0806. The first-order chi connectivity index (χ1) is 16.9. The molecule has 0 spiro atoms. The molecule has 1 aromatic rings. The molecule has 196 valence electrons. The van der Waals surface area contributed by atoms with Crippen LogP contribution in [0.5, 0.6) is 0 Å². The molecule has 0 saturated carbocycles. The molecular weight excluding hydrogens is 444 g/mol. The van der Waals surface area contributed by atoms with Gasteiger partial charge in [-0.2, -0.15) is 0 Å². The zero-order valence-electron chi connectivity index (χ0n) is 22.0. The Balaban J connectivity index is 1.34. The van der Waals surface area contributed by atoms with Gasteiger partial charge in [0.05, 0.1) is 12.2 Å². The Morgan fingerprint density at radius 3 is 2.37 bits per heavy atom. The molecule has 3 heterocycles. The van der Waals surface area contributed by atoms with Crippen LogP contribution in [0.15, 0.2) is 18.3 Å². The fourth-order valence-electron chi connectivity index (χ4n) is 4.91. The van der Waals surface area contributed by atoms with E-state index in [4.69, 9.17) is 4.74 Å². The maximum Gasteiger partial charge on any atom is 0.317 e. The van der Waals surface area contributed by atoms with Gasteiger partial charge >= 0.3 is 6.03 Å². The van der Waals surface area contributed by atoms with Crippen LogP contribution in [-0.4, -0.2) is 91.3 Å². The fraction of sp³-hybridized carbons (Fsp3) is 0.731. The van der Waals surface area contributed by atoms with Gasteiger partial charge in [-0.3, -0.25) is 4.79 Å². The Morgan fingerprint density at radius 1 is 1.09 bits per heavy atom. The van der Waals surface area contributed by atoms with E-state index in [-0.39, 0.29) is 30.1 Å². The first kappa shape index (κ1) is 27.2. The Hall–Kier alpha value is -2.39. The van der Waals surface area contributed by atoms with Gasteiger partial charge in [-0.05, 0) is 64.4 Å². The highest BCUT2D eigenvalue weighted by Crippen LogP contribution is 2.19. The van der Waals surface area contributed by atoms with Crippen molar-refractivity contribution in [3.8, 4) is 0 Å². The summed E-state index contributed by atoms with van der Waals surface area (Å²) in [6, 6.07) is 3.95. The molecule has 2 N–H and O–H groups in total. The zero-order valence-corrected chi connectivity index (χ0v) is 22.0. The SMILES string of the molecule is CCN(CC)CCCNC(=O)C1CCN(C(=O)NCc2ccc(N3CC(C)OC(C)C3)nc2)CC1. The molecule has 0 aliphatic carbocycles. The third-order valence-electron chi connectivity index (χ3n) is 6.99. The van der Waals surface area contributed by atoms with E-state index in [0.29, 0.717) is 39.0 Å². The summed E-state index contributed by atoms with van der Waals surface area (Å²) in [4.78, 5) is 36.1. The second-order valence-corrected chi connectivity index (χ2v) is 9.78. The normalized spacial score (nSPS) is 21.3. The van der Waals surface area contributed by atoms with Crippen LogP contribution in [0.3, 0.4) is 0 Å². The van der Waals surface area contributed by atoms with Crippen molar-refractivity contribution in [2.75, 3.05) is 57.3 Å². The van der Waals surface area contributed by atoms with E-state index < -0.39 is 0 Å². The van der Waals surface area contributed by atoms with Crippen molar-refractivity contribution in [3.05, 3.63) is 23.9 Å². The third-order valence-corrected chi connectivity index (χ3v) is 6.99. The van der Waals surface area contributed by atoms with Crippen molar-refractivity contribution in [1.82, 2.24) is 25.4 Å². The van der Waals surface area contributed by atoms with Gasteiger partial charge in [-0.1, -0.05) is 19.9 Å². The molecule has 35 heavy (non-hydrogen) atoms. The van der Waals surface area contributed by atoms with E-state index in [2.05, 4.69) is 53.1 Å². The van der Waals surface area contributed by atoms with Crippen molar-refractivity contribution >= 4 is 17.8 Å². The highest BCUT2D eigenvalue weighted by Gasteiger charge is 2.27. The third kappa shape index (κ3) is 8.35. The lowest BCUT2D eigenvalue weighted by Gasteiger charge is -2.36. The number of nitrogens with one attached hydrogen (secondary N) is 2. The number of nitrogens with zero attached hydrogens (tertiary/aromatic N) is 4. The highest BCUT2D eigenvalue weighted by molar-refractivity contribution is 5.79. The van der Waals surface area contributed by atoms with Crippen LogP contribution in [0.2, 0.25) is 0 Å².